The van der Waals surface area contributed by atoms with Crippen LogP contribution in [-0.4, -0.2) is 17.9 Å². The van der Waals surface area contributed by atoms with Gasteiger partial charge in [-0.15, -0.1) is 6.58 Å². The van der Waals surface area contributed by atoms with Crippen LogP contribution in [0, 0.1) is 0 Å². The zero-order chi connectivity index (χ0) is 14.6. The number of Topliss-reactive ketones (excluding diaryl/α,β-unsaturated/α-hetero) is 1. The van der Waals surface area contributed by atoms with Crippen molar-refractivity contribution in [2.24, 2.45) is 0 Å². The fraction of sp³-hybridized carbons (Fsp3) is 0.750. The SMILES string of the molecule is C=CCCCCCCCCC(=O)CC(C)(C)OC=O. The van der Waals surface area contributed by atoms with Crippen molar-refractivity contribution in [2.45, 2.75) is 77.2 Å². The van der Waals surface area contributed by atoms with Crippen LogP contribution in [0.1, 0.15) is 71.6 Å². The van der Waals surface area contributed by atoms with E-state index in [0.717, 1.165) is 19.3 Å². The van der Waals surface area contributed by atoms with Crippen LogP contribution in [0.3, 0.4) is 0 Å². The fourth-order valence-corrected chi connectivity index (χ4v) is 2.05. The van der Waals surface area contributed by atoms with E-state index in [4.69, 9.17) is 4.74 Å². The van der Waals surface area contributed by atoms with Gasteiger partial charge in [-0.2, -0.15) is 0 Å². The third-order valence-electron chi connectivity index (χ3n) is 3.10. The van der Waals surface area contributed by atoms with Gasteiger partial charge in [-0.25, -0.2) is 0 Å². The summed E-state index contributed by atoms with van der Waals surface area (Å²) in [5.74, 6) is 0.179. The highest BCUT2D eigenvalue weighted by molar-refractivity contribution is 5.79. The van der Waals surface area contributed by atoms with E-state index in [1.165, 1.54) is 25.7 Å². The molecule has 0 amide bonds. The zero-order valence-electron chi connectivity index (χ0n) is 12.5. The van der Waals surface area contributed by atoms with Crippen molar-refractivity contribution in [1.29, 1.82) is 0 Å². The zero-order valence-corrected chi connectivity index (χ0v) is 12.5. The standard InChI is InChI=1S/C16H28O3/c1-4-5-6-7-8-9-10-11-12-15(18)13-16(2,3)19-14-17/h4,14H,1,5-13H2,2-3H3. The molecule has 0 bridgehead atoms. The molecule has 0 saturated carbocycles. The maximum Gasteiger partial charge on any atom is 0.293 e. The van der Waals surface area contributed by atoms with Gasteiger partial charge in [0.2, 0.25) is 0 Å². The van der Waals surface area contributed by atoms with E-state index in [-0.39, 0.29) is 5.78 Å². The first-order chi connectivity index (χ1) is 9.02. The number of rotatable bonds is 13. The highest BCUT2D eigenvalue weighted by Gasteiger charge is 2.22. The lowest BCUT2D eigenvalue weighted by atomic mass is 9.98. The highest BCUT2D eigenvalue weighted by Crippen LogP contribution is 2.16. The summed E-state index contributed by atoms with van der Waals surface area (Å²) in [6.45, 7) is 7.64. The number of unbranched alkanes of at least 4 members (excludes halogenated alkanes) is 6. The lowest BCUT2D eigenvalue weighted by Crippen LogP contribution is -2.27. The Kier molecular flexibility index (Phi) is 10.1. The minimum absolute atomic E-state index is 0.179. The number of ether oxygens (including phenoxy) is 1. The summed E-state index contributed by atoms with van der Waals surface area (Å²) in [7, 11) is 0. The topological polar surface area (TPSA) is 43.4 Å². The number of allylic oxidation sites excluding steroid dienone is 1. The first-order valence-electron chi connectivity index (χ1n) is 7.26. The van der Waals surface area contributed by atoms with Gasteiger partial charge >= 0.3 is 0 Å². The van der Waals surface area contributed by atoms with Crippen molar-refractivity contribution >= 4 is 12.3 Å². The Bertz CT molecular complexity index is 269. The number of carbonyl (C=O) groups is 2. The molecule has 0 aromatic rings. The molecule has 0 heterocycles. The molecule has 0 aliphatic rings. The van der Waals surface area contributed by atoms with Gasteiger partial charge in [0.1, 0.15) is 11.4 Å². The second-order valence-electron chi connectivity index (χ2n) is 5.64. The van der Waals surface area contributed by atoms with Crippen molar-refractivity contribution in [3.63, 3.8) is 0 Å². The molecule has 0 saturated heterocycles. The molecule has 3 heteroatoms. The molecule has 0 spiro atoms. The van der Waals surface area contributed by atoms with Gasteiger partial charge in [0, 0.05) is 12.8 Å². The summed E-state index contributed by atoms with van der Waals surface area (Å²) in [6, 6.07) is 0. The van der Waals surface area contributed by atoms with E-state index in [2.05, 4.69) is 6.58 Å². The Morgan fingerprint density at radius 3 is 2.26 bits per heavy atom. The van der Waals surface area contributed by atoms with Crippen LogP contribution in [0.25, 0.3) is 0 Å². The van der Waals surface area contributed by atoms with E-state index in [0.29, 0.717) is 19.3 Å². The van der Waals surface area contributed by atoms with Crippen molar-refractivity contribution in [2.75, 3.05) is 0 Å². The van der Waals surface area contributed by atoms with Crippen molar-refractivity contribution in [3.05, 3.63) is 12.7 Å². The summed E-state index contributed by atoms with van der Waals surface area (Å²) in [5.41, 5.74) is -0.663. The quantitative estimate of drug-likeness (QED) is 0.285. The van der Waals surface area contributed by atoms with Crippen molar-refractivity contribution in [1.82, 2.24) is 0 Å². The van der Waals surface area contributed by atoms with Crippen molar-refractivity contribution < 1.29 is 14.3 Å². The predicted octanol–water partition coefficient (Wildman–Crippen LogP) is 4.20. The van der Waals surface area contributed by atoms with Crippen LogP contribution >= 0.6 is 0 Å². The average Bonchev–Trinajstić information content (AvgIpc) is 2.31. The van der Waals surface area contributed by atoms with E-state index >= 15 is 0 Å². The van der Waals surface area contributed by atoms with Crippen LogP contribution in [0.4, 0.5) is 0 Å². The van der Waals surface area contributed by atoms with Crippen LogP contribution in [0.5, 0.6) is 0 Å². The maximum absolute atomic E-state index is 11.7. The smallest absolute Gasteiger partial charge is 0.293 e. The molecule has 0 atom stereocenters. The third kappa shape index (κ3) is 11.7. The Morgan fingerprint density at radius 2 is 1.68 bits per heavy atom. The Balaban J connectivity index is 3.48. The minimum atomic E-state index is -0.663. The molecule has 0 aliphatic heterocycles. The summed E-state index contributed by atoms with van der Waals surface area (Å²) in [4.78, 5) is 22.0. The van der Waals surface area contributed by atoms with Gasteiger partial charge in [0.15, 0.2) is 0 Å². The summed E-state index contributed by atoms with van der Waals surface area (Å²) < 4.78 is 4.87. The Hall–Kier alpha value is -1.12. The molecule has 110 valence electrons. The molecule has 0 rings (SSSR count). The van der Waals surface area contributed by atoms with Gasteiger partial charge < -0.3 is 4.74 Å². The molecule has 3 nitrogen and oxygen atoms in total. The maximum atomic E-state index is 11.7. The normalized spacial score (nSPS) is 11.1. The van der Waals surface area contributed by atoms with Crippen LogP contribution in [-0.2, 0) is 14.3 Å². The summed E-state index contributed by atoms with van der Waals surface area (Å²) in [5, 5.41) is 0. The first kappa shape index (κ1) is 17.9. The Labute approximate surface area is 117 Å². The van der Waals surface area contributed by atoms with E-state index < -0.39 is 5.60 Å². The fourth-order valence-electron chi connectivity index (χ4n) is 2.05. The van der Waals surface area contributed by atoms with Gasteiger partial charge in [-0.3, -0.25) is 9.59 Å². The van der Waals surface area contributed by atoms with Crippen molar-refractivity contribution in [3.8, 4) is 0 Å². The molecule has 0 fully saturated rings. The number of hydrogen-bond donors (Lipinski definition) is 0. The van der Waals surface area contributed by atoms with Gasteiger partial charge in [0.25, 0.3) is 6.47 Å². The monoisotopic (exact) mass is 268 g/mol. The number of ketones is 1. The van der Waals surface area contributed by atoms with E-state index in [1.54, 1.807) is 13.8 Å². The van der Waals surface area contributed by atoms with Crippen LogP contribution in [0.15, 0.2) is 12.7 Å². The van der Waals surface area contributed by atoms with Gasteiger partial charge in [0.05, 0.1) is 0 Å². The van der Waals surface area contributed by atoms with Crippen LogP contribution < -0.4 is 0 Å². The molecule has 19 heavy (non-hydrogen) atoms. The predicted molar refractivity (Wildman–Crippen MR) is 78.0 cm³/mol. The largest absolute Gasteiger partial charge is 0.461 e. The number of hydrogen-bond acceptors (Lipinski definition) is 3. The van der Waals surface area contributed by atoms with E-state index in [1.807, 2.05) is 6.08 Å². The lowest BCUT2D eigenvalue weighted by molar-refractivity contribution is -0.143. The third-order valence-corrected chi connectivity index (χ3v) is 3.10. The second-order valence-corrected chi connectivity index (χ2v) is 5.64. The van der Waals surface area contributed by atoms with Gasteiger partial charge in [-0.05, 0) is 33.1 Å². The van der Waals surface area contributed by atoms with Crippen LogP contribution in [0.2, 0.25) is 0 Å². The molecule has 0 N–H and O–H groups in total. The van der Waals surface area contributed by atoms with E-state index in [9.17, 15) is 9.59 Å². The summed E-state index contributed by atoms with van der Waals surface area (Å²) >= 11 is 0. The highest BCUT2D eigenvalue weighted by atomic mass is 16.5. The molecule has 0 aromatic carbocycles. The molecule has 0 aliphatic carbocycles. The Morgan fingerprint density at radius 1 is 1.11 bits per heavy atom. The second kappa shape index (κ2) is 10.8. The molecular weight excluding hydrogens is 240 g/mol. The van der Waals surface area contributed by atoms with Gasteiger partial charge in [-0.1, -0.05) is 31.8 Å². The lowest BCUT2D eigenvalue weighted by Gasteiger charge is -2.21. The summed E-state index contributed by atoms with van der Waals surface area (Å²) in [6.07, 6.45) is 10.9. The molecular formula is C16H28O3. The first-order valence-corrected chi connectivity index (χ1v) is 7.26. The molecule has 0 radical (unpaired) electrons. The number of carbonyl (C=O) groups excluding carboxylic acids is 2. The minimum Gasteiger partial charge on any atom is -0.461 e. The molecule has 0 aromatic heterocycles. The average molecular weight is 268 g/mol. The molecule has 0 unspecified atom stereocenters.